The average Bonchev–Trinajstić information content (AvgIpc) is 3.26. The van der Waals surface area contributed by atoms with E-state index in [9.17, 15) is 28.3 Å². The molecule has 2 aliphatic heterocycles. The maximum Gasteiger partial charge on any atom is 0.323 e. The fourth-order valence-electron chi connectivity index (χ4n) is 5.99. The third-order valence-electron chi connectivity index (χ3n) is 8.04. The molecule has 3 atom stereocenters. The van der Waals surface area contributed by atoms with E-state index in [1.807, 2.05) is 18.2 Å². The van der Waals surface area contributed by atoms with Gasteiger partial charge in [0.05, 0.1) is 12.1 Å². The average molecular weight is 601 g/mol. The number of nitrogens with zero attached hydrogens (tertiary/aromatic N) is 4. The van der Waals surface area contributed by atoms with Crippen LogP contribution in [0.2, 0.25) is 0 Å². The summed E-state index contributed by atoms with van der Waals surface area (Å²) in [6, 6.07) is 11.2. The van der Waals surface area contributed by atoms with Gasteiger partial charge in [-0.25, -0.2) is 4.21 Å². The highest BCUT2D eigenvalue weighted by atomic mass is 32.2. The van der Waals surface area contributed by atoms with Crippen molar-refractivity contribution >= 4 is 51.5 Å². The number of likely N-dealkylation sites (tertiary alicyclic amines) is 2. The Morgan fingerprint density at radius 3 is 2.33 bits per heavy atom. The zero-order valence-corrected chi connectivity index (χ0v) is 24.5. The summed E-state index contributed by atoms with van der Waals surface area (Å²) in [5.41, 5.74) is 6.01. The number of anilines is 1. The summed E-state index contributed by atoms with van der Waals surface area (Å²) in [6.45, 7) is 1.52. The van der Waals surface area contributed by atoms with Crippen LogP contribution in [0.5, 0.6) is 0 Å². The number of carbonyl (C=O) groups excluding carboxylic acids is 2. The zero-order valence-electron chi connectivity index (χ0n) is 23.7. The minimum Gasteiger partial charge on any atom is -0.480 e. The van der Waals surface area contributed by atoms with Crippen molar-refractivity contribution in [3.8, 4) is 0 Å². The molecule has 2 fully saturated rings. The lowest BCUT2D eigenvalue weighted by Gasteiger charge is -2.37. The Morgan fingerprint density at radius 1 is 1.00 bits per heavy atom. The van der Waals surface area contributed by atoms with Crippen molar-refractivity contribution in [2.75, 3.05) is 43.6 Å². The predicted molar refractivity (Wildman–Crippen MR) is 161 cm³/mol. The Kier molecular flexibility index (Phi) is 10.7. The number of benzene rings is 2. The number of nitrogens with two attached hydrogens (primary N) is 1. The van der Waals surface area contributed by atoms with Gasteiger partial charge < -0.3 is 25.5 Å². The highest BCUT2D eigenvalue weighted by Gasteiger charge is 2.38. The van der Waals surface area contributed by atoms with Gasteiger partial charge >= 0.3 is 5.97 Å². The van der Waals surface area contributed by atoms with Gasteiger partial charge in [-0.15, -0.1) is 0 Å². The number of hydrogen-bond acceptors (Lipinski definition) is 5. The number of hydrogen-bond donors (Lipinski definition) is 4. The molecule has 2 amide bonds. The SMILES string of the molecule is N=C(N)N1CCCC(CN(CC(=O)O)C(=O)CC(C(=O)N2CCCCCC2)N(c2cccc3ccccc23)S(=O)O)C1. The minimum absolute atomic E-state index is 0.0740. The summed E-state index contributed by atoms with van der Waals surface area (Å²) >= 11 is -2.67. The van der Waals surface area contributed by atoms with Gasteiger partial charge in [0.15, 0.2) is 5.96 Å². The molecule has 4 rings (SSSR count). The molecule has 2 saturated heterocycles. The van der Waals surface area contributed by atoms with Crippen molar-refractivity contribution in [2.45, 2.75) is 51.0 Å². The minimum atomic E-state index is -2.67. The van der Waals surface area contributed by atoms with Crippen LogP contribution >= 0.6 is 0 Å². The van der Waals surface area contributed by atoms with E-state index >= 15 is 0 Å². The van der Waals surface area contributed by atoms with Crippen LogP contribution < -0.4 is 10.0 Å². The predicted octanol–water partition coefficient (Wildman–Crippen LogP) is 2.46. The van der Waals surface area contributed by atoms with Crippen LogP contribution in [0.4, 0.5) is 5.69 Å². The normalized spacial score (nSPS) is 19.0. The monoisotopic (exact) mass is 600 g/mol. The second-order valence-electron chi connectivity index (χ2n) is 11.0. The third kappa shape index (κ3) is 7.77. The molecule has 2 heterocycles. The molecule has 0 spiro atoms. The van der Waals surface area contributed by atoms with Crippen LogP contribution in [-0.2, 0) is 25.7 Å². The van der Waals surface area contributed by atoms with E-state index in [1.165, 1.54) is 4.90 Å². The molecule has 2 aromatic rings. The molecular formula is C29H40N6O6S. The number of nitrogens with one attached hydrogen (secondary N) is 1. The van der Waals surface area contributed by atoms with Crippen LogP contribution in [-0.4, -0.2) is 97.6 Å². The van der Waals surface area contributed by atoms with E-state index in [0.29, 0.717) is 37.3 Å². The Hall–Kier alpha value is -3.71. The van der Waals surface area contributed by atoms with Crippen molar-refractivity contribution in [2.24, 2.45) is 11.7 Å². The molecule has 0 bridgehead atoms. The zero-order chi connectivity index (χ0) is 30.2. The molecule has 13 heteroatoms. The number of amides is 2. The van der Waals surface area contributed by atoms with Crippen LogP contribution in [0.3, 0.4) is 0 Å². The molecule has 0 saturated carbocycles. The number of piperidine rings is 1. The van der Waals surface area contributed by atoms with Gasteiger partial charge in [-0.1, -0.05) is 49.2 Å². The molecule has 228 valence electrons. The molecule has 3 unspecified atom stereocenters. The van der Waals surface area contributed by atoms with E-state index in [-0.39, 0.29) is 18.4 Å². The van der Waals surface area contributed by atoms with Crippen molar-refractivity contribution in [1.82, 2.24) is 14.7 Å². The van der Waals surface area contributed by atoms with Crippen LogP contribution in [0.1, 0.15) is 44.9 Å². The highest BCUT2D eigenvalue weighted by Crippen LogP contribution is 2.31. The number of carboxylic acid groups (broad SMARTS) is 1. The molecule has 42 heavy (non-hydrogen) atoms. The number of aliphatic carboxylic acids is 1. The quantitative estimate of drug-likeness (QED) is 0.183. The lowest BCUT2D eigenvalue weighted by molar-refractivity contribution is -0.146. The van der Waals surface area contributed by atoms with Crippen LogP contribution in [0.25, 0.3) is 10.8 Å². The van der Waals surface area contributed by atoms with Crippen molar-refractivity contribution in [3.05, 3.63) is 42.5 Å². The van der Waals surface area contributed by atoms with E-state index in [0.717, 1.165) is 48.2 Å². The van der Waals surface area contributed by atoms with Crippen molar-refractivity contribution in [3.63, 3.8) is 0 Å². The van der Waals surface area contributed by atoms with Gasteiger partial charge in [0, 0.05) is 38.1 Å². The first kappa shape index (κ1) is 31.2. The van der Waals surface area contributed by atoms with Gasteiger partial charge in [-0.2, -0.15) is 0 Å². The molecule has 0 aromatic heterocycles. The molecular weight excluding hydrogens is 560 g/mol. The summed E-state index contributed by atoms with van der Waals surface area (Å²) in [4.78, 5) is 44.3. The number of carbonyl (C=O) groups is 3. The molecule has 2 aliphatic rings. The summed E-state index contributed by atoms with van der Waals surface area (Å²) in [6.07, 6.45) is 4.53. The summed E-state index contributed by atoms with van der Waals surface area (Å²) in [5, 5.41) is 18.9. The van der Waals surface area contributed by atoms with Gasteiger partial charge in [-0.05, 0) is 43.1 Å². The lowest BCUT2D eigenvalue weighted by Crippen LogP contribution is -2.53. The maximum atomic E-state index is 14.1. The van der Waals surface area contributed by atoms with Gasteiger partial charge in [0.2, 0.25) is 11.8 Å². The van der Waals surface area contributed by atoms with Crippen molar-refractivity contribution in [1.29, 1.82) is 5.41 Å². The molecule has 0 radical (unpaired) electrons. The first-order valence-corrected chi connectivity index (χ1v) is 15.5. The van der Waals surface area contributed by atoms with Crippen LogP contribution in [0.15, 0.2) is 42.5 Å². The lowest BCUT2D eigenvalue weighted by atomic mass is 9.97. The molecule has 2 aromatic carbocycles. The maximum absolute atomic E-state index is 14.1. The second-order valence-corrected chi connectivity index (χ2v) is 11.9. The van der Waals surface area contributed by atoms with E-state index in [2.05, 4.69) is 0 Å². The summed E-state index contributed by atoms with van der Waals surface area (Å²) in [5.74, 6) is -2.42. The number of carboxylic acids is 1. The topological polar surface area (TPSA) is 172 Å². The van der Waals surface area contributed by atoms with E-state index < -0.39 is 48.1 Å². The Balaban J connectivity index is 1.68. The van der Waals surface area contributed by atoms with E-state index in [4.69, 9.17) is 11.1 Å². The number of rotatable bonds is 10. The third-order valence-corrected chi connectivity index (χ3v) is 8.83. The van der Waals surface area contributed by atoms with E-state index in [1.54, 1.807) is 34.1 Å². The molecule has 12 nitrogen and oxygen atoms in total. The highest BCUT2D eigenvalue weighted by molar-refractivity contribution is 7.80. The van der Waals surface area contributed by atoms with Gasteiger partial charge in [0.25, 0.3) is 11.3 Å². The fourth-order valence-corrected chi connectivity index (χ4v) is 6.70. The second kappa shape index (κ2) is 14.5. The van der Waals surface area contributed by atoms with Crippen LogP contribution in [0, 0.1) is 11.3 Å². The standard InChI is InChI=1S/C29H40N6O6S/c30-29(31)33-16-8-9-21(18-33)19-34(20-27(37)38)26(36)17-25(28(39)32-14-5-1-2-6-15-32)35(42(40)41)24-13-7-11-22-10-3-4-12-23(22)24/h3-4,7,10-13,21,25H,1-2,5-6,8-9,14-20H2,(H3,30,31)(H,37,38)(H,40,41). The molecule has 0 aliphatic carbocycles. The fraction of sp³-hybridized carbons (Fsp3) is 0.517. The summed E-state index contributed by atoms with van der Waals surface area (Å²) in [7, 11) is 0. The smallest absolute Gasteiger partial charge is 0.323 e. The Labute approximate surface area is 248 Å². The number of fused-ring (bicyclic) bond motifs is 1. The summed E-state index contributed by atoms with van der Waals surface area (Å²) < 4.78 is 24.7. The van der Waals surface area contributed by atoms with Gasteiger partial charge in [0.1, 0.15) is 12.6 Å². The Bertz CT molecular complexity index is 1310. The largest absolute Gasteiger partial charge is 0.480 e. The first-order chi connectivity index (χ1) is 20.2. The molecule has 5 N–H and O–H groups in total. The first-order valence-electron chi connectivity index (χ1n) is 14.4. The Morgan fingerprint density at radius 2 is 1.67 bits per heavy atom. The number of guanidine groups is 1. The van der Waals surface area contributed by atoms with Crippen molar-refractivity contribution < 1.29 is 28.3 Å². The van der Waals surface area contributed by atoms with Gasteiger partial charge in [-0.3, -0.25) is 28.7 Å².